The molecule has 1 spiro atoms. The fraction of sp³-hybridized carbons (Fsp3) is 0.647. The van der Waals surface area contributed by atoms with Gasteiger partial charge < -0.3 is 14.5 Å². The number of amides is 2. The molecule has 0 bridgehead atoms. The van der Waals surface area contributed by atoms with E-state index in [1.54, 1.807) is 12.0 Å². The van der Waals surface area contributed by atoms with Gasteiger partial charge in [-0.2, -0.15) is 5.10 Å². The predicted octanol–water partition coefficient (Wildman–Crippen LogP) is -0.119. The van der Waals surface area contributed by atoms with E-state index < -0.39 is 5.41 Å². The molecule has 3 heterocycles. The molecule has 2 fully saturated rings. The summed E-state index contributed by atoms with van der Waals surface area (Å²) in [6.07, 6.45) is 2.42. The Morgan fingerprint density at radius 1 is 1.28 bits per heavy atom. The van der Waals surface area contributed by atoms with Crippen LogP contribution in [0, 0.1) is 5.41 Å². The zero-order valence-electron chi connectivity index (χ0n) is 14.7. The smallest absolute Gasteiger partial charge is 0.274 e. The summed E-state index contributed by atoms with van der Waals surface area (Å²) in [5.74, 6) is -0.103. The van der Waals surface area contributed by atoms with E-state index in [1.807, 2.05) is 4.90 Å². The molecule has 8 nitrogen and oxygen atoms in total. The molecule has 2 saturated heterocycles. The maximum atomic E-state index is 12.9. The predicted molar refractivity (Wildman–Crippen MR) is 90.1 cm³/mol. The van der Waals surface area contributed by atoms with Gasteiger partial charge in [0.1, 0.15) is 5.69 Å². The van der Waals surface area contributed by atoms with E-state index in [9.17, 15) is 14.4 Å². The van der Waals surface area contributed by atoms with Crippen LogP contribution in [0.15, 0.2) is 16.9 Å². The van der Waals surface area contributed by atoms with E-state index >= 15 is 0 Å². The van der Waals surface area contributed by atoms with Crippen molar-refractivity contribution in [3.05, 3.63) is 28.2 Å². The van der Waals surface area contributed by atoms with Crippen molar-refractivity contribution >= 4 is 11.8 Å². The number of aryl methyl sites for hydroxylation is 1. The Hall–Kier alpha value is -2.22. The van der Waals surface area contributed by atoms with Crippen molar-refractivity contribution in [3.63, 3.8) is 0 Å². The maximum Gasteiger partial charge on any atom is 0.274 e. The number of methoxy groups -OCH3 is 1. The maximum absolute atomic E-state index is 12.9. The first kappa shape index (κ1) is 17.6. The fourth-order valence-corrected chi connectivity index (χ4v) is 3.77. The molecule has 25 heavy (non-hydrogen) atoms. The third-order valence-electron chi connectivity index (χ3n) is 5.21. The topological polar surface area (TPSA) is 84.7 Å². The minimum Gasteiger partial charge on any atom is -0.383 e. The monoisotopic (exact) mass is 348 g/mol. The van der Waals surface area contributed by atoms with Crippen molar-refractivity contribution < 1.29 is 14.3 Å². The van der Waals surface area contributed by atoms with E-state index in [1.165, 1.54) is 19.2 Å². The van der Waals surface area contributed by atoms with Gasteiger partial charge in [-0.25, -0.2) is 4.68 Å². The van der Waals surface area contributed by atoms with Gasteiger partial charge in [-0.05, 0) is 25.3 Å². The van der Waals surface area contributed by atoms with Gasteiger partial charge in [-0.15, -0.1) is 0 Å². The number of likely N-dealkylation sites (tertiary alicyclic amines) is 2. The highest BCUT2D eigenvalue weighted by molar-refractivity contribution is 5.93. The number of aromatic nitrogens is 2. The average Bonchev–Trinajstić information content (AvgIpc) is 3.03. The highest BCUT2D eigenvalue weighted by atomic mass is 16.5. The molecular formula is C17H24N4O4. The number of piperidine rings is 1. The summed E-state index contributed by atoms with van der Waals surface area (Å²) in [6.45, 7) is 2.81. The molecule has 1 aromatic rings. The Balaban J connectivity index is 1.73. The summed E-state index contributed by atoms with van der Waals surface area (Å²) >= 11 is 0. The van der Waals surface area contributed by atoms with Gasteiger partial charge in [0.2, 0.25) is 5.91 Å². The molecule has 2 amide bonds. The van der Waals surface area contributed by atoms with Crippen LogP contribution < -0.4 is 5.56 Å². The molecule has 0 radical (unpaired) electrons. The molecule has 136 valence electrons. The van der Waals surface area contributed by atoms with Gasteiger partial charge in [0, 0.05) is 46.4 Å². The molecule has 2 aliphatic heterocycles. The van der Waals surface area contributed by atoms with Crippen molar-refractivity contribution in [3.8, 4) is 0 Å². The summed E-state index contributed by atoms with van der Waals surface area (Å²) in [4.78, 5) is 40.6. The van der Waals surface area contributed by atoms with Crippen LogP contribution in [-0.2, 0) is 16.6 Å². The standard InChI is InChI=1S/C17H24N4O4/c1-19-14(22)5-4-13(18-19)15(23)21-9-7-17(12-21)6-3-8-20(16(17)24)10-11-25-2/h4-5H,3,6-12H2,1-2H3. The molecule has 8 heteroatoms. The second kappa shape index (κ2) is 6.95. The molecule has 1 atom stereocenters. The number of carbonyl (C=O) groups is 2. The van der Waals surface area contributed by atoms with Gasteiger partial charge in [0.05, 0.1) is 12.0 Å². The van der Waals surface area contributed by atoms with Crippen molar-refractivity contribution in [2.24, 2.45) is 12.5 Å². The minimum atomic E-state index is -0.484. The second-order valence-electron chi connectivity index (χ2n) is 6.83. The Kier molecular flexibility index (Phi) is 4.89. The van der Waals surface area contributed by atoms with Crippen LogP contribution >= 0.6 is 0 Å². The number of rotatable bonds is 4. The largest absolute Gasteiger partial charge is 0.383 e. The first-order valence-electron chi connectivity index (χ1n) is 8.59. The van der Waals surface area contributed by atoms with Crippen LogP contribution in [0.1, 0.15) is 29.8 Å². The molecule has 1 unspecified atom stereocenters. The minimum absolute atomic E-state index is 0.125. The number of carbonyl (C=O) groups excluding carboxylic acids is 2. The zero-order valence-corrected chi connectivity index (χ0v) is 14.7. The first-order valence-corrected chi connectivity index (χ1v) is 8.59. The van der Waals surface area contributed by atoms with Crippen LogP contribution in [0.25, 0.3) is 0 Å². The van der Waals surface area contributed by atoms with Gasteiger partial charge >= 0.3 is 0 Å². The molecule has 1 aromatic heterocycles. The first-order chi connectivity index (χ1) is 12.0. The van der Waals surface area contributed by atoms with Gasteiger partial charge in [0.15, 0.2) is 0 Å². The third kappa shape index (κ3) is 3.30. The molecule has 3 rings (SSSR count). The number of nitrogens with zero attached hydrogens (tertiary/aromatic N) is 4. The molecule has 0 N–H and O–H groups in total. The molecule has 2 aliphatic rings. The Labute approximate surface area is 146 Å². The van der Waals surface area contributed by atoms with Crippen molar-refractivity contribution in [1.29, 1.82) is 0 Å². The highest BCUT2D eigenvalue weighted by Gasteiger charge is 2.49. The lowest BCUT2D eigenvalue weighted by Gasteiger charge is -2.39. The molecule has 0 aromatic carbocycles. The summed E-state index contributed by atoms with van der Waals surface area (Å²) in [7, 11) is 3.14. The molecule has 0 aliphatic carbocycles. The molecule has 0 saturated carbocycles. The normalized spacial score (nSPS) is 23.5. The third-order valence-corrected chi connectivity index (χ3v) is 5.21. The van der Waals surface area contributed by atoms with E-state index in [0.29, 0.717) is 32.7 Å². The van der Waals surface area contributed by atoms with Crippen molar-refractivity contribution in [2.75, 3.05) is 39.9 Å². The zero-order chi connectivity index (χ0) is 18.0. The van der Waals surface area contributed by atoms with E-state index in [4.69, 9.17) is 4.74 Å². The molecular weight excluding hydrogens is 324 g/mol. The van der Waals surface area contributed by atoms with Crippen molar-refractivity contribution in [1.82, 2.24) is 19.6 Å². The van der Waals surface area contributed by atoms with Crippen LogP contribution in [-0.4, -0.2) is 71.3 Å². The highest BCUT2D eigenvalue weighted by Crippen LogP contribution is 2.40. The Morgan fingerprint density at radius 2 is 2.08 bits per heavy atom. The lowest BCUT2D eigenvalue weighted by atomic mass is 9.78. The van der Waals surface area contributed by atoms with Gasteiger partial charge in [-0.3, -0.25) is 14.4 Å². The Bertz CT molecular complexity index is 732. The lowest BCUT2D eigenvalue weighted by Crippen LogP contribution is -2.51. The van der Waals surface area contributed by atoms with E-state index in [-0.39, 0.29) is 23.1 Å². The van der Waals surface area contributed by atoms with Crippen LogP contribution in [0.2, 0.25) is 0 Å². The Morgan fingerprint density at radius 3 is 2.80 bits per heavy atom. The SMILES string of the molecule is COCCN1CCCC2(CCN(C(=O)c3ccc(=O)n(C)n3)C2)C1=O. The lowest BCUT2D eigenvalue weighted by molar-refractivity contribution is -0.146. The summed E-state index contributed by atoms with van der Waals surface area (Å²) in [6, 6.07) is 2.79. The van der Waals surface area contributed by atoms with Crippen LogP contribution in [0.4, 0.5) is 0 Å². The van der Waals surface area contributed by atoms with Gasteiger partial charge in [0.25, 0.3) is 11.5 Å². The second-order valence-corrected chi connectivity index (χ2v) is 6.83. The fourth-order valence-electron chi connectivity index (χ4n) is 3.77. The van der Waals surface area contributed by atoms with Crippen LogP contribution in [0.3, 0.4) is 0 Å². The van der Waals surface area contributed by atoms with Crippen molar-refractivity contribution in [2.45, 2.75) is 19.3 Å². The van der Waals surface area contributed by atoms with E-state index in [2.05, 4.69) is 5.10 Å². The van der Waals surface area contributed by atoms with Gasteiger partial charge in [-0.1, -0.05) is 0 Å². The quantitative estimate of drug-likeness (QED) is 0.757. The summed E-state index contributed by atoms with van der Waals surface area (Å²) < 4.78 is 6.24. The summed E-state index contributed by atoms with van der Waals surface area (Å²) in [5.41, 5.74) is -0.508. The average molecular weight is 348 g/mol. The van der Waals surface area contributed by atoms with E-state index in [0.717, 1.165) is 24.1 Å². The van der Waals surface area contributed by atoms with Crippen LogP contribution in [0.5, 0.6) is 0 Å². The summed E-state index contributed by atoms with van der Waals surface area (Å²) in [5, 5.41) is 4.03. The number of hydrogen-bond donors (Lipinski definition) is 0. The number of hydrogen-bond acceptors (Lipinski definition) is 5. The number of ether oxygens (including phenoxy) is 1.